The van der Waals surface area contributed by atoms with Crippen molar-refractivity contribution >= 4 is 17.9 Å². The largest absolute Gasteiger partial charge is 0.416 e. The van der Waals surface area contributed by atoms with Crippen LogP contribution >= 0.6 is 7.29 Å². The van der Waals surface area contributed by atoms with E-state index in [1.54, 1.807) is 36.4 Å². The van der Waals surface area contributed by atoms with E-state index in [0.717, 1.165) is 6.92 Å². The van der Waals surface area contributed by atoms with Gasteiger partial charge >= 0.3 is 12.4 Å². The maximum atomic E-state index is 14.4. The van der Waals surface area contributed by atoms with Crippen molar-refractivity contribution in [3.8, 4) is 0 Å². The van der Waals surface area contributed by atoms with Crippen molar-refractivity contribution in [3.05, 3.63) is 106 Å². The molecule has 0 heterocycles. The number of benzene rings is 3. The molecule has 5 nitrogen and oxygen atoms in total. The molecule has 0 aliphatic heterocycles. The average molecular weight is 516 g/mol. The van der Waals surface area contributed by atoms with E-state index in [4.69, 9.17) is 0 Å². The first kappa shape index (κ1) is 26.4. The van der Waals surface area contributed by atoms with E-state index in [2.05, 4.69) is 5.09 Å². The number of nitrogens with zero attached hydrogens (tertiary/aromatic N) is 1. The van der Waals surface area contributed by atoms with Gasteiger partial charge in [-0.05, 0) is 55.0 Å². The summed E-state index contributed by atoms with van der Waals surface area (Å²) in [6.07, 6.45) is -10.3. The molecule has 0 aromatic heterocycles. The van der Waals surface area contributed by atoms with Crippen LogP contribution in [0.2, 0.25) is 0 Å². The molecular weight excluding hydrogens is 497 g/mol. The van der Waals surface area contributed by atoms with Crippen LogP contribution in [0.3, 0.4) is 0 Å². The molecule has 1 N–H and O–H groups in total. The number of rotatable bonds is 7. The Balaban J connectivity index is 2.29. The lowest BCUT2D eigenvalue weighted by molar-refractivity contribution is -0.491. The highest BCUT2D eigenvalue weighted by Crippen LogP contribution is 2.45. The van der Waals surface area contributed by atoms with Gasteiger partial charge in [-0.2, -0.15) is 26.3 Å². The fourth-order valence-corrected chi connectivity index (χ4v) is 6.26. The van der Waals surface area contributed by atoms with Gasteiger partial charge in [-0.25, -0.2) is 5.09 Å². The van der Waals surface area contributed by atoms with Crippen LogP contribution in [-0.4, -0.2) is 11.5 Å². The lowest BCUT2D eigenvalue weighted by Gasteiger charge is -2.34. The van der Waals surface area contributed by atoms with Crippen molar-refractivity contribution < 1.29 is 35.8 Å². The second-order valence-corrected chi connectivity index (χ2v) is 10.5. The molecule has 0 aliphatic rings. The molecule has 0 bridgehead atoms. The SMILES string of the molecule is C[C@@](C[N+](=O)[O-])(NP(=O)(c1ccccc1)c1ccccc1)c1cc(C(F)(F)F)cc(C(F)(F)F)c1. The summed E-state index contributed by atoms with van der Waals surface area (Å²) in [4.78, 5) is 10.7. The van der Waals surface area contributed by atoms with Crippen LogP contribution in [0.4, 0.5) is 26.3 Å². The predicted molar refractivity (Wildman–Crippen MR) is 119 cm³/mol. The van der Waals surface area contributed by atoms with E-state index in [-0.39, 0.29) is 16.7 Å². The van der Waals surface area contributed by atoms with E-state index in [9.17, 15) is 41.0 Å². The lowest BCUT2D eigenvalue weighted by Crippen LogP contribution is -2.47. The molecule has 3 aromatic rings. The summed E-state index contributed by atoms with van der Waals surface area (Å²) in [7, 11) is -4.00. The summed E-state index contributed by atoms with van der Waals surface area (Å²) in [5.74, 6) is 0. The Kier molecular flexibility index (Phi) is 7.15. The molecule has 35 heavy (non-hydrogen) atoms. The van der Waals surface area contributed by atoms with Gasteiger partial charge in [0, 0.05) is 15.5 Å². The Labute approximate surface area is 196 Å². The minimum atomic E-state index is -5.16. The van der Waals surface area contributed by atoms with E-state index in [0.29, 0.717) is 12.1 Å². The monoisotopic (exact) mass is 516 g/mol. The van der Waals surface area contributed by atoms with Gasteiger partial charge in [0.2, 0.25) is 13.8 Å². The molecule has 12 heteroatoms. The fourth-order valence-electron chi connectivity index (χ4n) is 3.62. The number of alkyl halides is 6. The number of nitrogens with one attached hydrogen (secondary N) is 1. The van der Waals surface area contributed by atoms with Crippen molar-refractivity contribution in [2.24, 2.45) is 0 Å². The summed E-state index contributed by atoms with van der Waals surface area (Å²) in [5, 5.41) is 14.5. The minimum absolute atomic E-state index is 0.0654. The number of nitro groups is 1. The van der Waals surface area contributed by atoms with Gasteiger partial charge < -0.3 is 0 Å². The van der Waals surface area contributed by atoms with Gasteiger partial charge in [0.1, 0.15) is 5.54 Å². The summed E-state index contributed by atoms with van der Waals surface area (Å²) in [5.41, 5.74) is -6.13. The molecule has 1 atom stereocenters. The number of hydrogen-bond acceptors (Lipinski definition) is 3. The second-order valence-electron chi connectivity index (χ2n) is 8.01. The molecular formula is C23H19F6N2O3P. The summed E-state index contributed by atoms with van der Waals surface area (Å²) in [6, 6.07) is 16.0. The molecule has 0 unspecified atom stereocenters. The zero-order chi connectivity index (χ0) is 26.1. The van der Waals surface area contributed by atoms with Gasteiger partial charge in [-0.1, -0.05) is 36.4 Å². The zero-order valence-corrected chi connectivity index (χ0v) is 19.0. The Morgan fingerprint density at radius 1 is 0.771 bits per heavy atom. The van der Waals surface area contributed by atoms with Crippen molar-refractivity contribution in [1.82, 2.24) is 5.09 Å². The standard InChI is InChI=1S/C23H19F6N2O3P/c1-21(15-31(32)33,16-12-17(22(24,25)26)14-18(13-16)23(27,28)29)30-35(34,19-8-4-2-5-9-19)20-10-6-3-7-11-20/h2-14H,15H2,1H3,(H,30,34)/t21-/m0/s1. The van der Waals surface area contributed by atoms with E-state index in [1.165, 1.54) is 24.3 Å². The Morgan fingerprint density at radius 3 is 1.49 bits per heavy atom. The molecule has 0 amide bonds. The molecule has 0 fully saturated rings. The first-order valence-corrected chi connectivity index (χ1v) is 11.8. The van der Waals surface area contributed by atoms with Gasteiger partial charge in [-0.3, -0.25) is 14.7 Å². The maximum Gasteiger partial charge on any atom is 0.416 e. The van der Waals surface area contributed by atoms with Crippen LogP contribution in [0.25, 0.3) is 0 Å². The third-order valence-corrected chi connectivity index (χ3v) is 8.17. The quantitative estimate of drug-likeness (QED) is 0.188. The topological polar surface area (TPSA) is 72.2 Å². The van der Waals surface area contributed by atoms with Crippen LogP contribution in [0, 0.1) is 10.1 Å². The first-order valence-electron chi connectivity index (χ1n) is 10.1. The third kappa shape index (κ3) is 5.91. The van der Waals surface area contributed by atoms with Gasteiger partial charge in [0.15, 0.2) is 0 Å². The normalized spacial score (nSPS) is 14.4. The molecule has 3 aromatic carbocycles. The molecule has 0 radical (unpaired) electrons. The molecule has 0 spiro atoms. The zero-order valence-electron chi connectivity index (χ0n) is 18.1. The van der Waals surface area contributed by atoms with E-state index < -0.39 is 53.3 Å². The smallest absolute Gasteiger partial charge is 0.296 e. The highest BCUT2D eigenvalue weighted by atomic mass is 31.2. The van der Waals surface area contributed by atoms with Crippen molar-refractivity contribution in [1.29, 1.82) is 0 Å². The molecule has 3 rings (SSSR count). The van der Waals surface area contributed by atoms with Gasteiger partial charge in [-0.15, -0.1) is 0 Å². The molecule has 0 saturated heterocycles. The van der Waals surface area contributed by atoms with Crippen molar-refractivity contribution in [3.63, 3.8) is 0 Å². The third-order valence-electron chi connectivity index (χ3n) is 5.31. The van der Waals surface area contributed by atoms with Crippen LogP contribution < -0.4 is 15.7 Å². The van der Waals surface area contributed by atoms with Crippen molar-refractivity contribution in [2.45, 2.75) is 24.8 Å². The van der Waals surface area contributed by atoms with Crippen LogP contribution in [0.5, 0.6) is 0 Å². The van der Waals surface area contributed by atoms with Crippen LogP contribution in [0.1, 0.15) is 23.6 Å². The Hall–Kier alpha value is -3.17. The lowest BCUT2D eigenvalue weighted by atomic mass is 9.90. The number of hydrogen-bond donors (Lipinski definition) is 1. The summed E-state index contributed by atoms with van der Waals surface area (Å²) < 4.78 is 95.2. The van der Waals surface area contributed by atoms with Crippen molar-refractivity contribution in [2.75, 3.05) is 6.54 Å². The van der Waals surface area contributed by atoms with Crippen LogP contribution in [-0.2, 0) is 22.5 Å². The fraction of sp³-hybridized carbons (Fsp3) is 0.217. The molecule has 0 saturated carbocycles. The number of halogens is 6. The Morgan fingerprint density at radius 2 is 1.14 bits per heavy atom. The van der Waals surface area contributed by atoms with Gasteiger partial charge in [0.25, 0.3) is 0 Å². The maximum absolute atomic E-state index is 14.4. The highest BCUT2D eigenvalue weighted by molar-refractivity contribution is 7.77. The highest BCUT2D eigenvalue weighted by Gasteiger charge is 2.44. The van der Waals surface area contributed by atoms with Crippen LogP contribution in [0.15, 0.2) is 78.9 Å². The van der Waals surface area contributed by atoms with E-state index in [1.807, 2.05) is 0 Å². The summed E-state index contributed by atoms with van der Waals surface area (Å²) in [6.45, 7) is -0.0841. The summed E-state index contributed by atoms with van der Waals surface area (Å²) >= 11 is 0. The molecule has 186 valence electrons. The first-order chi connectivity index (χ1) is 16.1. The molecule has 0 aliphatic carbocycles. The second kappa shape index (κ2) is 9.47. The van der Waals surface area contributed by atoms with E-state index >= 15 is 0 Å². The van der Waals surface area contributed by atoms with Gasteiger partial charge in [0.05, 0.1) is 11.1 Å². The Bertz CT molecular complexity index is 1170. The minimum Gasteiger partial charge on any atom is -0.296 e. The average Bonchev–Trinajstić information content (AvgIpc) is 2.78. The predicted octanol–water partition coefficient (Wildman–Crippen LogP) is 5.73.